The summed E-state index contributed by atoms with van der Waals surface area (Å²) in [5, 5.41) is 3.11. The quantitative estimate of drug-likeness (QED) is 0.849. The van der Waals surface area contributed by atoms with E-state index in [1.54, 1.807) is 12.1 Å². The zero-order valence-electron chi connectivity index (χ0n) is 12.0. The molecule has 0 bridgehead atoms. The SMILES string of the molecule is COc1cc(Nc2nc(C)cc(C)c2C(N)=S)ccc1F. The molecule has 0 atom stereocenters. The van der Waals surface area contributed by atoms with Crippen LogP contribution in [-0.4, -0.2) is 17.1 Å². The van der Waals surface area contributed by atoms with Gasteiger partial charge in [0.2, 0.25) is 0 Å². The minimum absolute atomic E-state index is 0.154. The zero-order chi connectivity index (χ0) is 15.6. The summed E-state index contributed by atoms with van der Waals surface area (Å²) in [6, 6.07) is 6.38. The zero-order valence-corrected chi connectivity index (χ0v) is 12.8. The lowest BCUT2D eigenvalue weighted by atomic mass is 10.1. The maximum absolute atomic E-state index is 13.4. The molecule has 1 aromatic heterocycles. The Morgan fingerprint density at radius 1 is 1.33 bits per heavy atom. The molecule has 6 heteroatoms. The van der Waals surface area contributed by atoms with Gasteiger partial charge in [-0.3, -0.25) is 0 Å². The Bertz CT molecular complexity index is 704. The van der Waals surface area contributed by atoms with Crippen LogP contribution in [0.5, 0.6) is 5.75 Å². The number of hydrogen-bond acceptors (Lipinski definition) is 4. The first kappa shape index (κ1) is 15.2. The van der Waals surface area contributed by atoms with Crippen LogP contribution in [0, 0.1) is 19.7 Å². The number of ether oxygens (including phenoxy) is 1. The molecular weight excluding hydrogens is 289 g/mol. The standard InChI is InChI=1S/C15H16FN3OS/c1-8-6-9(2)18-15(13(8)14(17)21)19-10-4-5-11(16)12(7-10)20-3/h4-7H,1-3H3,(H2,17,21)(H,18,19). The van der Waals surface area contributed by atoms with Gasteiger partial charge in [-0.05, 0) is 37.6 Å². The average Bonchev–Trinajstić information content (AvgIpc) is 2.39. The van der Waals surface area contributed by atoms with Crippen molar-refractivity contribution in [2.24, 2.45) is 5.73 Å². The van der Waals surface area contributed by atoms with Crippen LogP contribution in [0.3, 0.4) is 0 Å². The molecule has 110 valence electrons. The predicted octanol–water partition coefficient (Wildman–Crippen LogP) is 3.22. The van der Waals surface area contributed by atoms with Crippen LogP contribution in [0.2, 0.25) is 0 Å². The van der Waals surface area contributed by atoms with E-state index in [0.29, 0.717) is 17.1 Å². The highest BCUT2D eigenvalue weighted by Crippen LogP contribution is 2.26. The maximum Gasteiger partial charge on any atom is 0.165 e. The monoisotopic (exact) mass is 305 g/mol. The van der Waals surface area contributed by atoms with Gasteiger partial charge in [-0.15, -0.1) is 0 Å². The Balaban J connectivity index is 2.46. The van der Waals surface area contributed by atoms with Gasteiger partial charge in [-0.25, -0.2) is 9.37 Å². The Labute approximate surface area is 128 Å². The Morgan fingerprint density at radius 3 is 2.67 bits per heavy atom. The third kappa shape index (κ3) is 3.28. The number of thiocarbonyl (C=S) groups is 1. The summed E-state index contributed by atoms with van der Waals surface area (Å²) in [7, 11) is 1.41. The molecule has 21 heavy (non-hydrogen) atoms. The van der Waals surface area contributed by atoms with Crippen LogP contribution in [0.1, 0.15) is 16.8 Å². The van der Waals surface area contributed by atoms with Crippen LogP contribution in [0.15, 0.2) is 24.3 Å². The maximum atomic E-state index is 13.4. The van der Waals surface area contributed by atoms with E-state index in [1.165, 1.54) is 13.2 Å². The molecule has 2 rings (SSSR count). The number of nitrogens with zero attached hydrogens (tertiary/aromatic N) is 1. The number of rotatable bonds is 4. The van der Waals surface area contributed by atoms with Gasteiger partial charge in [-0.2, -0.15) is 0 Å². The Kier molecular flexibility index (Phi) is 4.37. The van der Waals surface area contributed by atoms with E-state index < -0.39 is 5.82 Å². The number of benzene rings is 1. The third-order valence-electron chi connectivity index (χ3n) is 3.00. The minimum atomic E-state index is -0.425. The van der Waals surface area contributed by atoms with Gasteiger partial charge in [-0.1, -0.05) is 12.2 Å². The van der Waals surface area contributed by atoms with E-state index in [0.717, 1.165) is 11.3 Å². The lowest BCUT2D eigenvalue weighted by molar-refractivity contribution is 0.387. The molecule has 1 aromatic carbocycles. The number of aryl methyl sites for hydroxylation is 2. The predicted molar refractivity (Wildman–Crippen MR) is 85.8 cm³/mol. The molecule has 0 unspecified atom stereocenters. The Hall–Kier alpha value is -2.21. The van der Waals surface area contributed by atoms with Crippen molar-refractivity contribution in [1.82, 2.24) is 4.98 Å². The molecule has 0 aliphatic rings. The fourth-order valence-corrected chi connectivity index (χ4v) is 2.37. The van der Waals surface area contributed by atoms with Crippen molar-refractivity contribution in [3.05, 3.63) is 46.9 Å². The fraction of sp³-hybridized carbons (Fsp3) is 0.200. The van der Waals surface area contributed by atoms with Gasteiger partial charge in [0.05, 0.1) is 12.7 Å². The van der Waals surface area contributed by atoms with Gasteiger partial charge < -0.3 is 15.8 Å². The molecule has 0 amide bonds. The second-order valence-electron chi connectivity index (χ2n) is 4.64. The molecule has 4 nitrogen and oxygen atoms in total. The highest BCUT2D eigenvalue weighted by Gasteiger charge is 2.12. The van der Waals surface area contributed by atoms with Crippen molar-refractivity contribution < 1.29 is 9.13 Å². The number of nitrogens with one attached hydrogen (secondary N) is 1. The van der Waals surface area contributed by atoms with Crippen molar-refractivity contribution in [2.75, 3.05) is 12.4 Å². The van der Waals surface area contributed by atoms with E-state index in [1.807, 2.05) is 19.9 Å². The number of aromatic nitrogens is 1. The Morgan fingerprint density at radius 2 is 2.05 bits per heavy atom. The summed E-state index contributed by atoms with van der Waals surface area (Å²) in [5.74, 6) is 0.279. The normalized spacial score (nSPS) is 10.3. The number of nitrogens with two attached hydrogens (primary N) is 1. The molecule has 3 N–H and O–H groups in total. The third-order valence-corrected chi connectivity index (χ3v) is 3.21. The topological polar surface area (TPSA) is 60.2 Å². The van der Waals surface area contributed by atoms with Crippen LogP contribution in [0.25, 0.3) is 0 Å². The van der Waals surface area contributed by atoms with Crippen LogP contribution < -0.4 is 15.8 Å². The van der Waals surface area contributed by atoms with E-state index in [9.17, 15) is 4.39 Å². The number of methoxy groups -OCH3 is 1. The number of pyridine rings is 1. The molecule has 0 spiro atoms. The van der Waals surface area contributed by atoms with E-state index in [4.69, 9.17) is 22.7 Å². The van der Waals surface area contributed by atoms with Gasteiger partial charge in [0.1, 0.15) is 10.8 Å². The number of anilines is 2. The van der Waals surface area contributed by atoms with Gasteiger partial charge >= 0.3 is 0 Å². The molecule has 0 fully saturated rings. The van der Waals surface area contributed by atoms with Crippen molar-refractivity contribution in [3.63, 3.8) is 0 Å². The smallest absolute Gasteiger partial charge is 0.165 e. The minimum Gasteiger partial charge on any atom is -0.494 e. The number of hydrogen-bond donors (Lipinski definition) is 2. The van der Waals surface area contributed by atoms with Crippen LogP contribution in [0.4, 0.5) is 15.9 Å². The summed E-state index contributed by atoms with van der Waals surface area (Å²) in [5.41, 5.74) is 8.86. The van der Waals surface area contributed by atoms with E-state index in [2.05, 4.69) is 10.3 Å². The van der Waals surface area contributed by atoms with E-state index in [-0.39, 0.29) is 10.7 Å². The number of halogens is 1. The summed E-state index contributed by atoms with van der Waals surface area (Å²) in [6.07, 6.45) is 0. The summed E-state index contributed by atoms with van der Waals surface area (Å²) < 4.78 is 18.4. The highest BCUT2D eigenvalue weighted by molar-refractivity contribution is 7.80. The van der Waals surface area contributed by atoms with Gasteiger partial charge in [0, 0.05) is 17.4 Å². The van der Waals surface area contributed by atoms with Crippen molar-refractivity contribution in [2.45, 2.75) is 13.8 Å². The van der Waals surface area contributed by atoms with E-state index >= 15 is 0 Å². The van der Waals surface area contributed by atoms with Crippen LogP contribution in [-0.2, 0) is 0 Å². The first-order chi connectivity index (χ1) is 9.92. The molecule has 0 aliphatic heterocycles. The fourth-order valence-electron chi connectivity index (χ4n) is 2.11. The second-order valence-corrected chi connectivity index (χ2v) is 5.08. The van der Waals surface area contributed by atoms with Crippen LogP contribution >= 0.6 is 12.2 Å². The van der Waals surface area contributed by atoms with Gasteiger partial charge in [0.15, 0.2) is 11.6 Å². The van der Waals surface area contributed by atoms with Crippen molar-refractivity contribution in [1.29, 1.82) is 0 Å². The van der Waals surface area contributed by atoms with Gasteiger partial charge in [0.25, 0.3) is 0 Å². The summed E-state index contributed by atoms with van der Waals surface area (Å²) in [4.78, 5) is 4.68. The highest BCUT2D eigenvalue weighted by atomic mass is 32.1. The average molecular weight is 305 g/mol. The summed E-state index contributed by atoms with van der Waals surface area (Å²) >= 11 is 5.08. The molecule has 0 saturated carbocycles. The molecule has 0 radical (unpaired) electrons. The molecule has 1 heterocycles. The molecule has 0 aliphatic carbocycles. The first-order valence-corrected chi connectivity index (χ1v) is 6.71. The first-order valence-electron chi connectivity index (χ1n) is 6.31. The lowest BCUT2D eigenvalue weighted by Gasteiger charge is -2.14. The molecule has 2 aromatic rings. The van der Waals surface area contributed by atoms with Crippen molar-refractivity contribution >= 4 is 28.7 Å². The molecular formula is C15H16FN3OS. The second kappa shape index (κ2) is 6.05. The largest absolute Gasteiger partial charge is 0.494 e. The van der Waals surface area contributed by atoms with Crippen molar-refractivity contribution in [3.8, 4) is 5.75 Å². The molecule has 0 saturated heterocycles. The lowest BCUT2D eigenvalue weighted by Crippen LogP contribution is -2.15. The summed E-state index contributed by atoms with van der Waals surface area (Å²) in [6.45, 7) is 3.80.